The molecule has 2 aromatic carbocycles. The van der Waals surface area contributed by atoms with E-state index in [4.69, 9.17) is 0 Å². The third-order valence-corrected chi connectivity index (χ3v) is 3.42. The number of amides is 1. The monoisotopic (exact) mass is 282 g/mol. The fourth-order valence-electron chi connectivity index (χ4n) is 2.38. The van der Waals surface area contributed by atoms with E-state index in [1.807, 2.05) is 54.6 Å². The smallest absolute Gasteiger partial charge is 0.228 e. The highest BCUT2D eigenvalue weighted by atomic mass is 16.1. The molecular weight excluding hydrogens is 260 g/mol. The van der Waals surface area contributed by atoms with Crippen molar-refractivity contribution < 1.29 is 4.79 Å². The van der Waals surface area contributed by atoms with Gasteiger partial charge in [0.1, 0.15) is 0 Å². The largest absolute Gasteiger partial charge is 0.325 e. The minimum atomic E-state index is 0.0114. The molecule has 1 amide bonds. The van der Waals surface area contributed by atoms with Crippen LogP contribution in [0.25, 0.3) is 0 Å². The van der Waals surface area contributed by atoms with E-state index >= 15 is 0 Å². The molecule has 1 unspecified atom stereocenters. The van der Waals surface area contributed by atoms with Crippen molar-refractivity contribution in [3.63, 3.8) is 0 Å². The van der Waals surface area contributed by atoms with Crippen LogP contribution < -0.4 is 10.6 Å². The van der Waals surface area contributed by atoms with Gasteiger partial charge in [-0.2, -0.15) is 0 Å². The molecule has 2 aromatic rings. The van der Waals surface area contributed by atoms with Crippen LogP contribution >= 0.6 is 0 Å². The van der Waals surface area contributed by atoms with Crippen LogP contribution in [0.5, 0.6) is 0 Å². The van der Waals surface area contributed by atoms with E-state index in [0.717, 1.165) is 23.4 Å². The molecule has 0 fully saturated rings. The predicted molar refractivity (Wildman–Crippen MR) is 87.3 cm³/mol. The van der Waals surface area contributed by atoms with Crippen LogP contribution in [0.4, 0.5) is 5.69 Å². The Bertz CT molecular complexity index is 581. The van der Waals surface area contributed by atoms with Crippen molar-refractivity contribution in [1.29, 1.82) is 0 Å². The van der Waals surface area contributed by atoms with Crippen LogP contribution in [0.3, 0.4) is 0 Å². The van der Waals surface area contributed by atoms with E-state index < -0.39 is 0 Å². The van der Waals surface area contributed by atoms with E-state index in [2.05, 4.69) is 24.5 Å². The molecule has 0 saturated heterocycles. The lowest BCUT2D eigenvalue weighted by Gasteiger charge is -2.17. The molecule has 0 aliphatic heterocycles. The van der Waals surface area contributed by atoms with Gasteiger partial charge < -0.3 is 10.6 Å². The van der Waals surface area contributed by atoms with Gasteiger partial charge in [-0.05, 0) is 30.7 Å². The van der Waals surface area contributed by atoms with E-state index in [0.29, 0.717) is 6.42 Å². The van der Waals surface area contributed by atoms with Crippen LogP contribution in [0.2, 0.25) is 0 Å². The summed E-state index contributed by atoms with van der Waals surface area (Å²) >= 11 is 0. The van der Waals surface area contributed by atoms with Gasteiger partial charge in [-0.25, -0.2) is 0 Å². The SMILES string of the molecule is CCNC(C)c1ccccc1NC(=O)Cc1ccccc1. The first-order valence-electron chi connectivity index (χ1n) is 7.36. The molecule has 0 heterocycles. The van der Waals surface area contributed by atoms with Crippen molar-refractivity contribution >= 4 is 11.6 Å². The van der Waals surface area contributed by atoms with E-state index in [-0.39, 0.29) is 11.9 Å². The summed E-state index contributed by atoms with van der Waals surface area (Å²) in [6.45, 7) is 5.08. The average molecular weight is 282 g/mol. The molecule has 110 valence electrons. The Labute approximate surface area is 126 Å². The maximum Gasteiger partial charge on any atom is 0.228 e. The molecule has 2 N–H and O–H groups in total. The number of para-hydroxylation sites is 1. The summed E-state index contributed by atoms with van der Waals surface area (Å²) in [6.07, 6.45) is 0.394. The normalized spacial score (nSPS) is 11.9. The molecule has 0 aliphatic carbocycles. The lowest BCUT2D eigenvalue weighted by molar-refractivity contribution is -0.115. The Kier molecular flexibility index (Phi) is 5.52. The lowest BCUT2D eigenvalue weighted by atomic mass is 10.1. The number of rotatable bonds is 6. The number of nitrogens with one attached hydrogen (secondary N) is 2. The zero-order valence-electron chi connectivity index (χ0n) is 12.6. The van der Waals surface area contributed by atoms with Gasteiger partial charge in [0.15, 0.2) is 0 Å². The first-order chi connectivity index (χ1) is 10.2. The van der Waals surface area contributed by atoms with Crippen molar-refractivity contribution in [2.24, 2.45) is 0 Å². The summed E-state index contributed by atoms with van der Waals surface area (Å²) in [5.74, 6) is 0.0114. The van der Waals surface area contributed by atoms with Gasteiger partial charge in [-0.15, -0.1) is 0 Å². The van der Waals surface area contributed by atoms with Crippen LogP contribution in [0, 0.1) is 0 Å². The van der Waals surface area contributed by atoms with Crippen LogP contribution in [0.1, 0.15) is 31.0 Å². The molecule has 3 heteroatoms. The second-order valence-corrected chi connectivity index (χ2v) is 5.08. The maximum absolute atomic E-state index is 12.2. The molecule has 1 atom stereocenters. The third kappa shape index (κ3) is 4.43. The van der Waals surface area contributed by atoms with E-state index in [1.54, 1.807) is 0 Å². The zero-order chi connectivity index (χ0) is 15.1. The zero-order valence-corrected chi connectivity index (χ0v) is 12.6. The molecule has 21 heavy (non-hydrogen) atoms. The average Bonchev–Trinajstić information content (AvgIpc) is 2.49. The highest BCUT2D eigenvalue weighted by Crippen LogP contribution is 2.22. The van der Waals surface area contributed by atoms with Gasteiger partial charge in [0, 0.05) is 11.7 Å². The summed E-state index contributed by atoms with van der Waals surface area (Å²) in [4.78, 5) is 12.2. The molecule has 3 nitrogen and oxygen atoms in total. The molecule has 0 radical (unpaired) electrons. The number of carbonyl (C=O) groups is 1. The minimum absolute atomic E-state index is 0.0114. The van der Waals surface area contributed by atoms with Crippen molar-refractivity contribution in [2.45, 2.75) is 26.3 Å². The highest BCUT2D eigenvalue weighted by Gasteiger charge is 2.11. The van der Waals surface area contributed by atoms with Gasteiger partial charge in [0.05, 0.1) is 6.42 Å². The van der Waals surface area contributed by atoms with Crippen LogP contribution in [0.15, 0.2) is 54.6 Å². The number of hydrogen-bond donors (Lipinski definition) is 2. The van der Waals surface area contributed by atoms with Crippen molar-refractivity contribution in [3.05, 3.63) is 65.7 Å². The number of carbonyl (C=O) groups excluding carboxylic acids is 1. The summed E-state index contributed by atoms with van der Waals surface area (Å²) in [7, 11) is 0. The molecule has 0 bridgehead atoms. The summed E-state index contributed by atoms with van der Waals surface area (Å²) in [6, 6.07) is 17.9. The number of hydrogen-bond acceptors (Lipinski definition) is 2. The second kappa shape index (κ2) is 7.60. The topological polar surface area (TPSA) is 41.1 Å². The lowest BCUT2D eigenvalue weighted by Crippen LogP contribution is -2.21. The molecular formula is C18H22N2O. The summed E-state index contributed by atoms with van der Waals surface area (Å²) in [5.41, 5.74) is 3.01. The van der Waals surface area contributed by atoms with Crippen LogP contribution in [-0.4, -0.2) is 12.5 Å². The van der Waals surface area contributed by atoms with Gasteiger partial charge >= 0.3 is 0 Å². The first kappa shape index (κ1) is 15.3. The molecule has 0 aliphatic rings. The van der Waals surface area contributed by atoms with Gasteiger partial charge in [-0.3, -0.25) is 4.79 Å². The minimum Gasteiger partial charge on any atom is -0.325 e. The summed E-state index contributed by atoms with van der Waals surface area (Å²) < 4.78 is 0. The van der Waals surface area contributed by atoms with Gasteiger partial charge in [0.2, 0.25) is 5.91 Å². The Morgan fingerprint density at radius 3 is 2.43 bits per heavy atom. The molecule has 0 spiro atoms. The Morgan fingerprint density at radius 2 is 1.71 bits per heavy atom. The van der Waals surface area contributed by atoms with E-state index in [9.17, 15) is 4.79 Å². The standard InChI is InChI=1S/C18H22N2O/c1-3-19-14(2)16-11-7-8-12-17(16)20-18(21)13-15-9-5-4-6-10-15/h4-12,14,19H,3,13H2,1-2H3,(H,20,21). The molecule has 2 rings (SSSR count). The van der Waals surface area contributed by atoms with Crippen molar-refractivity contribution in [2.75, 3.05) is 11.9 Å². The number of benzene rings is 2. The Balaban J connectivity index is 2.07. The molecule has 0 aromatic heterocycles. The quantitative estimate of drug-likeness (QED) is 0.851. The predicted octanol–water partition coefficient (Wildman–Crippen LogP) is 3.54. The van der Waals surface area contributed by atoms with Gasteiger partial charge in [-0.1, -0.05) is 55.5 Å². The van der Waals surface area contributed by atoms with Crippen molar-refractivity contribution in [3.8, 4) is 0 Å². The van der Waals surface area contributed by atoms with Crippen molar-refractivity contribution in [1.82, 2.24) is 5.32 Å². The van der Waals surface area contributed by atoms with Gasteiger partial charge in [0.25, 0.3) is 0 Å². The Morgan fingerprint density at radius 1 is 1.05 bits per heavy atom. The van der Waals surface area contributed by atoms with E-state index in [1.165, 1.54) is 0 Å². The fourth-order valence-corrected chi connectivity index (χ4v) is 2.38. The fraction of sp³-hybridized carbons (Fsp3) is 0.278. The van der Waals surface area contributed by atoms with Crippen LogP contribution in [-0.2, 0) is 11.2 Å². The second-order valence-electron chi connectivity index (χ2n) is 5.08. The highest BCUT2D eigenvalue weighted by molar-refractivity contribution is 5.93. The number of anilines is 1. The first-order valence-corrected chi connectivity index (χ1v) is 7.36. The Hall–Kier alpha value is -2.13. The third-order valence-electron chi connectivity index (χ3n) is 3.42. The molecule has 0 saturated carbocycles. The summed E-state index contributed by atoms with van der Waals surface area (Å²) in [5, 5.41) is 6.39. The maximum atomic E-state index is 12.2.